The van der Waals surface area contributed by atoms with E-state index < -0.39 is 7.12 Å². The molecule has 0 bridgehead atoms. The van der Waals surface area contributed by atoms with Gasteiger partial charge >= 0.3 is 7.12 Å². The zero-order valence-electron chi connectivity index (χ0n) is 7.53. The lowest BCUT2D eigenvalue weighted by atomic mass is 9.76. The van der Waals surface area contributed by atoms with Gasteiger partial charge in [-0.3, -0.25) is 4.90 Å². The predicted molar refractivity (Wildman–Crippen MR) is 49.6 cm³/mol. The van der Waals surface area contributed by atoms with Gasteiger partial charge < -0.3 is 10.0 Å². The van der Waals surface area contributed by atoms with E-state index in [9.17, 15) is 0 Å². The van der Waals surface area contributed by atoms with Gasteiger partial charge in [-0.05, 0) is 24.9 Å². The van der Waals surface area contributed by atoms with Gasteiger partial charge in [-0.2, -0.15) is 0 Å². The van der Waals surface area contributed by atoms with Gasteiger partial charge in [0, 0.05) is 13.1 Å². The Morgan fingerprint density at radius 2 is 2.33 bits per heavy atom. The summed E-state index contributed by atoms with van der Waals surface area (Å²) in [6.07, 6.45) is 3.87. The maximum atomic E-state index is 8.86. The Bertz CT molecular complexity index is 170. The normalized spacial score (nSPS) is 19.1. The Morgan fingerprint density at radius 1 is 1.58 bits per heavy atom. The molecule has 0 radical (unpaired) electrons. The molecule has 0 amide bonds. The van der Waals surface area contributed by atoms with Crippen molar-refractivity contribution in [1.29, 1.82) is 0 Å². The number of hydrogen-bond donors (Lipinski definition) is 2. The topological polar surface area (TPSA) is 43.7 Å². The minimum Gasteiger partial charge on any atom is -0.423 e. The summed E-state index contributed by atoms with van der Waals surface area (Å²) >= 11 is 0. The second-order valence-corrected chi connectivity index (χ2v) is 3.20. The maximum absolute atomic E-state index is 8.86. The van der Waals surface area contributed by atoms with Gasteiger partial charge in [-0.1, -0.05) is 13.0 Å². The molecule has 0 aromatic carbocycles. The van der Waals surface area contributed by atoms with Crippen LogP contribution in [0.3, 0.4) is 0 Å². The van der Waals surface area contributed by atoms with Crippen molar-refractivity contribution in [3.05, 3.63) is 11.5 Å². The van der Waals surface area contributed by atoms with Crippen molar-refractivity contribution in [2.24, 2.45) is 0 Å². The van der Waals surface area contributed by atoms with Crippen LogP contribution in [0.25, 0.3) is 0 Å². The lowest BCUT2D eigenvalue weighted by Gasteiger charge is -2.25. The summed E-state index contributed by atoms with van der Waals surface area (Å²) in [6.45, 7) is 5.07. The zero-order valence-corrected chi connectivity index (χ0v) is 7.53. The van der Waals surface area contributed by atoms with E-state index in [1.807, 2.05) is 6.08 Å². The molecule has 1 rings (SSSR count). The van der Waals surface area contributed by atoms with Gasteiger partial charge in [-0.25, -0.2) is 0 Å². The minimum atomic E-state index is -1.24. The highest BCUT2D eigenvalue weighted by molar-refractivity contribution is 6.50. The van der Waals surface area contributed by atoms with Crippen LogP contribution in [-0.2, 0) is 0 Å². The van der Waals surface area contributed by atoms with Crippen molar-refractivity contribution in [3.8, 4) is 0 Å². The molecule has 0 spiro atoms. The zero-order chi connectivity index (χ0) is 8.97. The first kappa shape index (κ1) is 9.77. The van der Waals surface area contributed by atoms with Crippen LogP contribution >= 0.6 is 0 Å². The summed E-state index contributed by atoms with van der Waals surface area (Å²) in [7, 11) is -1.24. The Morgan fingerprint density at radius 3 is 2.75 bits per heavy atom. The molecule has 1 aliphatic heterocycles. The van der Waals surface area contributed by atoms with Crippen LogP contribution in [-0.4, -0.2) is 41.7 Å². The molecule has 1 heterocycles. The minimum absolute atomic E-state index is 0.766. The first-order valence-corrected chi connectivity index (χ1v) is 4.51. The summed E-state index contributed by atoms with van der Waals surface area (Å²) in [6, 6.07) is 0. The number of rotatable bonds is 3. The van der Waals surface area contributed by atoms with Crippen molar-refractivity contribution in [1.82, 2.24) is 4.90 Å². The van der Waals surface area contributed by atoms with Crippen LogP contribution in [0.2, 0.25) is 0 Å². The second kappa shape index (κ2) is 4.65. The number of nitrogens with zero attached hydrogens (tertiary/aromatic N) is 1. The first-order valence-electron chi connectivity index (χ1n) is 4.51. The van der Waals surface area contributed by atoms with E-state index in [-0.39, 0.29) is 0 Å². The smallest absolute Gasteiger partial charge is 0.423 e. The highest BCUT2D eigenvalue weighted by Gasteiger charge is 2.18. The Labute approximate surface area is 73.8 Å². The van der Waals surface area contributed by atoms with Crippen LogP contribution in [0, 0.1) is 0 Å². The molecule has 3 nitrogen and oxygen atoms in total. The fourth-order valence-electron chi connectivity index (χ4n) is 1.48. The Hall–Kier alpha value is -0.315. The van der Waals surface area contributed by atoms with Crippen molar-refractivity contribution in [3.63, 3.8) is 0 Å². The molecule has 68 valence electrons. The summed E-state index contributed by atoms with van der Waals surface area (Å²) in [5.74, 6) is 0. The third-order valence-electron chi connectivity index (χ3n) is 2.20. The van der Waals surface area contributed by atoms with E-state index in [2.05, 4.69) is 11.8 Å². The van der Waals surface area contributed by atoms with Gasteiger partial charge in [0.2, 0.25) is 0 Å². The SMILES string of the molecule is CCCN1CC=C(B(O)O)CC1. The largest absolute Gasteiger partial charge is 0.483 e. The summed E-state index contributed by atoms with van der Waals surface area (Å²) in [4.78, 5) is 2.31. The van der Waals surface area contributed by atoms with Gasteiger partial charge in [0.15, 0.2) is 0 Å². The quantitative estimate of drug-likeness (QED) is 0.586. The highest BCUT2D eigenvalue weighted by Crippen LogP contribution is 2.11. The molecular formula is C8H16BNO2. The molecule has 0 atom stereocenters. The molecular weight excluding hydrogens is 153 g/mol. The predicted octanol–water partition coefficient (Wildman–Crippen LogP) is 0.0405. The molecule has 0 saturated heterocycles. The second-order valence-electron chi connectivity index (χ2n) is 3.20. The Balaban J connectivity index is 2.37. The molecule has 4 heteroatoms. The van der Waals surface area contributed by atoms with E-state index in [1.54, 1.807) is 0 Å². The molecule has 0 unspecified atom stereocenters. The molecule has 0 aromatic rings. The first-order chi connectivity index (χ1) is 5.74. The van der Waals surface area contributed by atoms with Crippen LogP contribution in [0.1, 0.15) is 19.8 Å². The monoisotopic (exact) mass is 169 g/mol. The maximum Gasteiger partial charge on any atom is 0.483 e. The molecule has 2 N–H and O–H groups in total. The van der Waals surface area contributed by atoms with Crippen LogP contribution in [0.5, 0.6) is 0 Å². The third kappa shape index (κ3) is 2.62. The number of hydrogen-bond acceptors (Lipinski definition) is 3. The van der Waals surface area contributed by atoms with E-state index in [1.165, 1.54) is 0 Å². The summed E-state index contributed by atoms with van der Waals surface area (Å²) in [5.41, 5.74) is 0.766. The summed E-state index contributed by atoms with van der Waals surface area (Å²) in [5, 5.41) is 17.7. The van der Waals surface area contributed by atoms with Gasteiger partial charge in [0.1, 0.15) is 0 Å². The molecule has 1 aliphatic rings. The lowest BCUT2D eigenvalue weighted by Crippen LogP contribution is -2.32. The van der Waals surface area contributed by atoms with Crippen molar-refractivity contribution in [2.75, 3.05) is 19.6 Å². The van der Waals surface area contributed by atoms with E-state index >= 15 is 0 Å². The highest BCUT2D eigenvalue weighted by atomic mass is 16.4. The van der Waals surface area contributed by atoms with Gasteiger partial charge in [0.25, 0.3) is 0 Å². The van der Waals surface area contributed by atoms with Gasteiger partial charge in [0.05, 0.1) is 0 Å². The molecule has 0 fully saturated rings. The average molecular weight is 169 g/mol. The third-order valence-corrected chi connectivity index (χ3v) is 2.20. The Kier molecular flexibility index (Phi) is 3.78. The summed E-state index contributed by atoms with van der Waals surface area (Å²) < 4.78 is 0. The van der Waals surface area contributed by atoms with E-state index in [0.29, 0.717) is 0 Å². The van der Waals surface area contributed by atoms with Crippen molar-refractivity contribution < 1.29 is 10.0 Å². The average Bonchev–Trinajstić information content (AvgIpc) is 2.06. The van der Waals surface area contributed by atoms with Gasteiger partial charge in [-0.15, -0.1) is 0 Å². The fourth-order valence-corrected chi connectivity index (χ4v) is 1.48. The van der Waals surface area contributed by atoms with E-state index in [0.717, 1.165) is 37.9 Å². The van der Waals surface area contributed by atoms with Crippen LogP contribution < -0.4 is 0 Å². The van der Waals surface area contributed by atoms with Crippen molar-refractivity contribution in [2.45, 2.75) is 19.8 Å². The fraction of sp³-hybridized carbons (Fsp3) is 0.750. The molecule has 0 aromatic heterocycles. The molecule has 12 heavy (non-hydrogen) atoms. The lowest BCUT2D eigenvalue weighted by molar-refractivity contribution is 0.293. The van der Waals surface area contributed by atoms with Crippen LogP contribution in [0.15, 0.2) is 11.5 Å². The molecule has 0 saturated carbocycles. The van der Waals surface area contributed by atoms with Crippen LogP contribution in [0.4, 0.5) is 0 Å². The van der Waals surface area contributed by atoms with E-state index in [4.69, 9.17) is 10.0 Å². The van der Waals surface area contributed by atoms with Crippen molar-refractivity contribution >= 4 is 7.12 Å². The standard InChI is InChI=1S/C8H16BNO2/c1-2-5-10-6-3-8(4-7-10)9(11)12/h3,11-12H,2,4-7H2,1H3. The molecule has 0 aliphatic carbocycles.